The summed E-state index contributed by atoms with van der Waals surface area (Å²) < 4.78 is 7.14. The van der Waals surface area contributed by atoms with Crippen molar-refractivity contribution < 1.29 is 14.3 Å². The standard InChI is InChI=1S/C24H27N5O3/c1-18-15-21(7-8-22(18)27-23(30)17-28-11-13-32-14-12-28)26-24(31)20-5-3-19(4-6-20)16-29-10-2-9-25-29/h2-10,15H,11-14,16-17H2,1H3,(H,26,31)(H,27,30). The van der Waals surface area contributed by atoms with Gasteiger partial charge >= 0.3 is 0 Å². The van der Waals surface area contributed by atoms with E-state index in [0.29, 0.717) is 37.6 Å². The van der Waals surface area contributed by atoms with Crippen LogP contribution in [0.2, 0.25) is 0 Å². The highest BCUT2D eigenvalue weighted by Gasteiger charge is 2.15. The van der Waals surface area contributed by atoms with Crippen molar-refractivity contribution in [2.45, 2.75) is 13.5 Å². The second-order valence-electron chi connectivity index (χ2n) is 7.82. The van der Waals surface area contributed by atoms with Crippen LogP contribution in [0.3, 0.4) is 0 Å². The highest BCUT2D eigenvalue weighted by atomic mass is 16.5. The Kier molecular flexibility index (Phi) is 6.94. The van der Waals surface area contributed by atoms with E-state index in [2.05, 4.69) is 20.6 Å². The lowest BCUT2D eigenvalue weighted by atomic mass is 10.1. The largest absolute Gasteiger partial charge is 0.379 e. The molecule has 1 saturated heterocycles. The van der Waals surface area contributed by atoms with Crippen LogP contribution >= 0.6 is 0 Å². The first-order chi connectivity index (χ1) is 15.6. The van der Waals surface area contributed by atoms with E-state index < -0.39 is 0 Å². The van der Waals surface area contributed by atoms with E-state index in [1.54, 1.807) is 24.4 Å². The number of rotatable bonds is 7. The fourth-order valence-electron chi connectivity index (χ4n) is 3.58. The number of aromatic nitrogens is 2. The Morgan fingerprint density at radius 2 is 1.84 bits per heavy atom. The first-order valence-corrected chi connectivity index (χ1v) is 10.7. The lowest BCUT2D eigenvalue weighted by Gasteiger charge is -2.25. The minimum atomic E-state index is -0.181. The summed E-state index contributed by atoms with van der Waals surface area (Å²) in [4.78, 5) is 27.0. The number of morpholine rings is 1. The van der Waals surface area contributed by atoms with E-state index in [1.807, 2.05) is 48.1 Å². The Labute approximate surface area is 187 Å². The first kappa shape index (κ1) is 21.7. The average molecular weight is 434 g/mol. The van der Waals surface area contributed by atoms with Gasteiger partial charge in [-0.1, -0.05) is 12.1 Å². The molecule has 0 spiro atoms. The van der Waals surface area contributed by atoms with E-state index in [0.717, 1.165) is 29.9 Å². The summed E-state index contributed by atoms with van der Waals surface area (Å²) in [5, 5.41) is 10.1. The van der Waals surface area contributed by atoms with Gasteiger partial charge in [0.15, 0.2) is 0 Å². The lowest BCUT2D eigenvalue weighted by molar-refractivity contribution is -0.118. The SMILES string of the molecule is Cc1cc(NC(=O)c2ccc(Cn3cccn3)cc2)ccc1NC(=O)CN1CCOCC1. The van der Waals surface area contributed by atoms with Crippen LogP contribution in [0.15, 0.2) is 60.9 Å². The molecular formula is C24H27N5O3. The Balaban J connectivity index is 1.32. The number of amides is 2. The van der Waals surface area contributed by atoms with Crippen molar-refractivity contribution in [3.05, 3.63) is 77.6 Å². The van der Waals surface area contributed by atoms with E-state index in [-0.39, 0.29) is 11.8 Å². The quantitative estimate of drug-likeness (QED) is 0.598. The molecular weight excluding hydrogens is 406 g/mol. The summed E-state index contributed by atoms with van der Waals surface area (Å²) in [7, 11) is 0. The summed E-state index contributed by atoms with van der Waals surface area (Å²) in [6.45, 7) is 5.76. The summed E-state index contributed by atoms with van der Waals surface area (Å²) in [5.74, 6) is -0.235. The summed E-state index contributed by atoms with van der Waals surface area (Å²) >= 11 is 0. The molecule has 1 fully saturated rings. The van der Waals surface area contributed by atoms with Gasteiger partial charge in [-0.3, -0.25) is 19.2 Å². The van der Waals surface area contributed by atoms with Crippen LogP contribution in [0, 0.1) is 6.92 Å². The van der Waals surface area contributed by atoms with Gasteiger partial charge in [0.25, 0.3) is 5.91 Å². The van der Waals surface area contributed by atoms with Gasteiger partial charge in [0.2, 0.25) is 5.91 Å². The number of carbonyl (C=O) groups is 2. The van der Waals surface area contributed by atoms with Gasteiger partial charge in [0.1, 0.15) is 0 Å². The number of ether oxygens (including phenoxy) is 1. The predicted octanol–water partition coefficient (Wildman–Crippen LogP) is 2.76. The Morgan fingerprint density at radius 3 is 2.53 bits per heavy atom. The van der Waals surface area contributed by atoms with Crippen LogP contribution < -0.4 is 10.6 Å². The Hall–Kier alpha value is -3.49. The molecule has 8 heteroatoms. The van der Waals surface area contributed by atoms with Crippen molar-refractivity contribution in [1.82, 2.24) is 14.7 Å². The third-order valence-electron chi connectivity index (χ3n) is 5.35. The summed E-state index contributed by atoms with van der Waals surface area (Å²) in [6.07, 6.45) is 3.64. The van der Waals surface area contributed by atoms with Gasteiger partial charge in [-0.05, 0) is 54.4 Å². The zero-order chi connectivity index (χ0) is 22.3. The molecule has 0 saturated carbocycles. The molecule has 4 rings (SSSR count). The van der Waals surface area contributed by atoms with Crippen LogP contribution in [-0.4, -0.2) is 59.3 Å². The molecule has 0 aliphatic carbocycles. The van der Waals surface area contributed by atoms with Gasteiger partial charge in [-0.15, -0.1) is 0 Å². The molecule has 2 amide bonds. The first-order valence-electron chi connectivity index (χ1n) is 10.7. The average Bonchev–Trinajstić information content (AvgIpc) is 3.30. The maximum Gasteiger partial charge on any atom is 0.255 e. The van der Waals surface area contributed by atoms with Crippen LogP contribution in [0.1, 0.15) is 21.5 Å². The number of hydrogen-bond acceptors (Lipinski definition) is 5. The number of carbonyl (C=O) groups excluding carboxylic acids is 2. The smallest absolute Gasteiger partial charge is 0.255 e. The van der Waals surface area contributed by atoms with Crippen LogP contribution in [0.5, 0.6) is 0 Å². The molecule has 1 aliphatic heterocycles. The van der Waals surface area contributed by atoms with E-state index >= 15 is 0 Å². The third-order valence-corrected chi connectivity index (χ3v) is 5.35. The molecule has 0 atom stereocenters. The molecule has 0 unspecified atom stereocenters. The van der Waals surface area contributed by atoms with Crippen molar-refractivity contribution in [3.63, 3.8) is 0 Å². The molecule has 0 bridgehead atoms. The minimum absolute atomic E-state index is 0.0537. The summed E-state index contributed by atoms with van der Waals surface area (Å²) in [5.41, 5.74) is 3.95. The second kappa shape index (κ2) is 10.2. The lowest BCUT2D eigenvalue weighted by Crippen LogP contribution is -2.41. The summed E-state index contributed by atoms with van der Waals surface area (Å²) in [6, 6.07) is 14.8. The second-order valence-corrected chi connectivity index (χ2v) is 7.82. The highest BCUT2D eigenvalue weighted by molar-refractivity contribution is 6.04. The van der Waals surface area contributed by atoms with Crippen molar-refractivity contribution >= 4 is 23.2 Å². The van der Waals surface area contributed by atoms with E-state index in [9.17, 15) is 9.59 Å². The fraction of sp³-hybridized carbons (Fsp3) is 0.292. The highest BCUT2D eigenvalue weighted by Crippen LogP contribution is 2.20. The molecule has 32 heavy (non-hydrogen) atoms. The molecule has 1 aliphatic rings. The normalized spacial score (nSPS) is 14.2. The zero-order valence-electron chi connectivity index (χ0n) is 18.1. The molecule has 1 aromatic heterocycles. The van der Waals surface area contributed by atoms with Gasteiger partial charge in [-0.2, -0.15) is 5.10 Å². The molecule has 166 valence electrons. The van der Waals surface area contributed by atoms with E-state index in [4.69, 9.17) is 4.74 Å². The van der Waals surface area contributed by atoms with Gasteiger partial charge in [-0.25, -0.2) is 0 Å². The predicted molar refractivity (Wildman–Crippen MR) is 123 cm³/mol. The molecule has 2 aromatic carbocycles. The van der Waals surface area contributed by atoms with Gasteiger partial charge < -0.3 is 15.4 Å². The number of aryl methyl sites for hydroxylation is 1. The van der Waals surface area contributed by atoms with Crippen LogP contribution in [-0.2, 0) is 16.1 Å². The minimum Gasteiger partial charge on any atom is -0.379 e. The Bertz CT molecular complexity index is 1060. The number of hydrogen-bond donors (Lipinski definition) is 2. The molecule has 3 aromatic rings. The van der Waals surface area contributed by atoms with Gasteiger partial charge in [0, 0.05) is 42.4 Å². The number of anilines is 2. The Morgan fingerprint density at radius 1 is 1.06 bits per heavy atom. The number of nitrogens with one attached hydrogen (secondary N) is 2. The number of nitrogens with zero attached hydrogens (tertiary/aromatic N) is 3. The van der Waals surface area contributed by atoms with Crippen LogP contribution in [0.25, 0.3) is 0 Å². The van der Waals surface area contributed by atoms with Crippen molar-refractivity contribution in [1.29, 1.82) is 0 Å². The molecule has 2 heterocycles. The van der Waals surface area contributed by atoms with Crippen molar-refractivity contribution in [2.75, 3.05) is 43.5 Å². The maximum absolute atomic E-state index is 12.6. The van der Waals surface area contributed by atoms with Crippen molar-refractivity contribution in [2.24, 2.45) is 0 Å². The molecule has 2 N–H and O–H groups in total. The van der Waals surface area contributed by atoms with E-state index in [1.165, 1.54) is 0 Å². The third kappa shape index (κ3) is 5.81. The maximum atomic E-state index is 12.6. The topological polar surface area (TPSA) is 88.5 Å². The monoisotopic (exact) mass is 433 g/mol. The zero-order valence-corrected chi connectivity index (χ0v) is 18.1. The fourth-order valence-corrected chi connectivity index (χ4v) is 3.58. The molecule has 8 nitrogen and oxygen atoms in total. The number of benzene rings is 2. The van der Waals surface area contributed by atoms with Crippen molar-refractivity contribution in [3.8, 4) is 0 Å². The molecule has 0 radical (unpaired) electrons. The van der Waals surface area contributed by atoms with Crippen LogP contribution in [0.4, 0.5) is 11.4 Å². The van der Waals surface area contributed by atoms with Gasteiger partial charge in [0.05, 0.1) is 26.3 Å².